The zero-order valence-corrected chi connectivity index (χ0v) is 5.54. The van der Waals surface area contributed by atoms with E-state index in [2.05, 4.69) is 16.1 Å². The lowest BCUT2D eigenvalue weighted by Crippen LogP contribution is -1.91. The van der Waals surface area contributed by atoms with Gasteiger partial charge in [0.05, 0.1) is 0 Å². The van der Waals surface area contributed by atoms with Gasteiger partial charge in [0.2, 0.25) is 0 Å². The average Bonchev–Trinajstić information content (AvgIpc) is 1.79. The van der Waals surface area contributed by atoms with Gasteiger partial charge in [-0.25, -0.2) is 9.98 Å². The third kappa shape index (κ3) is 2.22. The zero-order chi connectivity index (χ0) is 6.53. The number of rotatable bonds is 0. The Labute approximate surface area is 55.0 Å². The summed E-state index contributed by atoms with van der Waals surface area (Å²) in [7, 11) is 0. The molecule has 2 nitrogen and oxygen atoms in total. The van der Waals surface area contributed by atoms with E-state index in [1.165, 1.54) is 0 Å². The van der Waals surface area contributed by atoms with Gasteiger partial charge in [-0.05, 0) is 19.8 Å². The highest BCUT2D eigenvalue weighted by Gasteiger charge is 1.88. The Morgan fingerprint density at radius 3 is 3.33 bits per heavy atom. The van der Waals surface area contributed by atoms with Crippen LogP contribution in [0.5, 0.6) is 0 Å². The summed E-state index contributed by atoms with van der Waals surface area (Å²) in [5.74, 6) is 0. The highest BCUT2D eigenvalue weighted by Crippen LogP contribution is 1.96. The van der Waals surface area contributed by atoms with Gasteiger partial charge in [0.1, 0.15) is 6.34 Å². The minimum absolute atomic E-state index is 1.06. The first-order valence-corrected chi connectivity index (χ1v) is 3.09. The van der Waals surface area contributed by atoms with Crippen molar-refractivity contribution in [2.75, 3.05) is 0 Å². The summed E-state index contributed by atoms with van der Waals surface area (Å²) in [6.45, 7) is 2.02. The van der Waals surface area contributed by atoms with Crippen molar-refractivity contribution in [3.05, 3.63) is 12.3 Å². The van der Waals surface area contributed by atoms with Crippen LogP contribution in [0.1, 0.15) is 19.8 Å². The SMILES string of the molecule is C/C1=N/C=N\C=C/CC1. The van der Waals surface area contributed by atoms with Crippen LogP contribution >= 0.6 is 0 Å². The van der Waals surface area contributed by atoms with Crippen molar-refractivity contribution in [3.63, 3.8) is 0 Å². The molecule has 0 aromatic carbocycles. The van der Waals surface area contributed by atoms with E-state index in [9.17, 15) is 0 Å². The maximum Gasteiger partial charge on any atom is 0.115 e. The fourth-order valence-corrected chi connectivity index (χ4v) is 0.663. The molecule has 0 aromatic rings. The van der Waals surface area contributed by atoms with Gasteiger partial charge in [0, 0.05) is 11.9 Å². The minimum atomic E-state index is 1.06. The molecule has 0 spiro atoms. The van der Waals surface area contributed by atoms with Gasteiger partial charge < -0.3 is 0 Å². The fourth-order valence-electron chi connectivity index (χ4n) is 0.663. The number of nitrogens with zero attached hydrogens (tertiary/aromatic N) is 2. The zero-order valence-electron chi connectivity index (χ0n) is 5.54. The predicted octanol–water partition coefficient (Wildman–Crippen LogP) is 1.78. The Morgan fingerprint density at radius 2 is 2.44 bits per heavy atom. The molecule has 0 saturated heterocycles. The fraction of sp³-hybridized carbons (Fsp3) is 0.429. The molecule has 9 heavy (non-hydrogen) atoms. The van der Waals surface area contributed by atoms with Crippen LogP contribution in [0.25, 0.3) is 0 Å². The Balaban J connectivity index is 2.62. The second-order valence-electron chi connectivity index (χ2n) is 2.05. The Morgan fingerprint density at radius 1 is 1.56 bits per heavy atom. The number of aliphatic imine (C=N–C) groups is 2. The molecule has 0 amide bonds. The van der Waals surface area contributed by atoms with E-state index >= 15 is 0 Å². The first-order valence-electron chi connectivity index (χ1n) is 3.09. The lowest BCUT2D eigenvalue weighted by molar-refractivity contribution is 1.08. The van der Waals surface area contributed by atoms with E-state index in [-0.39, 0.29) is 0 Å². The molecule has 0 saturated carbocycles. The summed E-state index contributed by atoms with van der Waals surface area (Å²) in [6.07, 6.45) is 7.55. The normalized spacial score (nSPS) is 31.4. The monoisotopic (exact) mass is 122 g/mol. The van der Waals surface area contributed by atoms with Gasteiger partial charge in [-0.2, -0.15) is 0 Å². The summed E-state index contributed by atoms with van der Waals surface area (Å²) in [6, 6.07) is 0. The van der Waals surface area contributed by atoms with Crippen LogP contribution in [-0.4, -0.2) is 12.1 Å². The van der Waals surface area contributed by atoms with Crippen molar-refractivity contribution in [3.8, 4) is 0 Å². The first-order chi connectivity index (χ1) is 4.39. The Hall–Kier alpha value is -0.920. The minimum Gasteiger partial charge on any atom is -0.246 e. The predicted molar refractivity (Wildman–Crippen MR) is 40.0 cm³/mol. The van der Waals surface area contributed by atoms with Crippen molar-refractivity contribution in [1.82, 2.24) is 0 Å². The van der Waals surface area contributed by atoms with Crippen LogP contribution in [0.3, 0.4) is 0 Å². The summed E-state index contributed by atoms with van der Waals surface area (Å²) in [4.78, 5) is 7.95. The Kier molecular flexibility index (Phi) is 2.19. The van der Waals surface area contributed by atoms with Crippen LogP contribution in [0.4, 0.5) is 0 Å². The second-order valence-corrected chi connectivity index (χ2v) is 2.05. The molecule has 48 valence electrons. The van der Waals surface area contributed by atoms with Gasteiger partial charge in [-0.3, -0.25) is 0 Å². The van der Waals surface area contributed by atoms with Gasteiger partial charge in [0.15, 0.2) is 0 Å². The van der Waals surface area contributed by atoms with Crippen LogP contribution in [-0.2, 0) is 0 Å². The molecule has 0 radical (unpaired) electrons. The molecule has 1 rings (SSSR count). The third-order valence-electron chi connectivity index (χ3n) is 1.21. The molecule has 1 heterocycles. The lowest BCUT2D eigenvalue weighted by atomic mass is 10.2. The van der Waals surface area contributed by atoms with E-state index in [1.807, 2.05) is 6.92 Å². The molecule has 0 atom stereocenters. The standard InChI is InChI=1S/C7H10N2/c1-7-4-2-3-5-8-6-9-7/h3,5-6H,2,4H2,1H3/b5-3-,8-6-,9-7-. The van der Waals surface area contributed by atoms with Crippen molar-refractivity contribution in [1.29, 1.82) is 0 Å². The average molecular weight is 122 g/mol. The largest absolute Gasteiger partial charge is 0.246 e. The second kappa shape index (κ2) is 3.17. The van der Waals surface area contributed by atoms with E-state index in [0.717, 1.165) is 18.6 Å². The maximum absolute atomic E-state index is 4.06. The van der Waals surface area contributed by atoms with Crippen LogP contribution in [0, 0.1) is 0 Å². The van der Waals surface area contributed by atoms with Crippen LogP contribution in [0.2, 0.25) is 0 Å². The molecule has 0 fully saturated rings. The third-order valence-corrected chi connectivity index (χ3v) is 1.21. The van der Waals surface area contributed by atoms with Crippen molar-refractivity contribution in [2.24, 2.45) is 9.98 Å². The number of hydrogen-bond donors (Lipinski definition) is 0. The summed E-state index contributed by atoms with van der Waals surface area (Å²) in [5, 5.41) is 0. The molecule has 0 unspecified atom stereocenters. The first kappa shape index (κ1) is 6.20. The maximum atomic E-state index is 4.06. The van der Waals surface area contributed by atoms with E-state index in [0.29, 0.717) is 0 Å². The molecule has 0 N–H and O–H groups in total. The Bertz CT molecular complexity index is 166. The molecular weight excluding hydrogens is 112 g/mol. The van der Waals surface area contributed by atoms with Crippen molar-refractivity contribution in [2.45, 2.75) is 19.8 Å². The molecule has 0 bridgehead atoms. The molecule has 1 aliphatic rings. The van der Waals surface area contributed by atoms with Crippen LogP contribution in [0.15, 0.2) is 22.3 Å². The quantitative estimate of drug-likeness (QED) is 0.468. The summed E-state index contributed by atoms with van der Waals surface area (Å²) < 4.78 is 0. The topological polar surface area (TPSA) is 24.7 Å². The van der Waals surface area contributed by atoms with Gasteiger partial charge in [-0.15, -0.1) is 0 Å². The lowest BCUT2D eigenvalue weighted by Gasteiger charge is -1.94. The van der Waals surface area contributed by atoms with E-state index < -0.39 is 0 Å². The van der Waals surface area contributed by atoms with Gasteiger partial charge >= 0.3 is 0 Å². The summed E-state index contributed by atoms with van der Waals surface area (Å²) in [5.41, 5.74) is 1.16. The van der Waals surface area contributed by atoms with Gasteiger partial charge in [-0.1, -0.05) is 6.08 Å². The van der Waals surface area contributed by atoms with Crippen LogP contribution < -0.4 is 0 Å². The highest BCUT2D eigenvalue weighted by molar-refractivity contribution is 5.88. The molecule has 0 aliphatic carbocycles. The number of hydrogen-bond acceptors (Lipinski definition) is 2. The molecule has 0 aromatic heterocycles. The highest BCUT2D eigenvalue weighted by atomic mass is 14.8. The number of allylic oxidation sites excluding steroid dienone is 1. The van der Waals surface area contributed by atoms with Gasteiger partial charge in [0.25, 0.3) is 0 Å². The molecular formula is C7H10N2. The molecule has 2 heteroatoms. The summed E-state index contributed by atoms with van der Waals surface area (Å²) >= 11 is 0. The van der Waals surface area contributed by atoms with E-state index in [4.69, 9.17) is 0 Å². The van der Waals surface area contributed by atoms with Crippen molar-refractivity contribution < 1.29 is 0 Å². The van der Waals surface area contributed by atoms with Crippen molar-refractivity contribution >= 4 is 12.1 Å². The molecule has 1 aliphatic heterocycles. The van der Waals surface area contributed by atoms with E-state index in [1.54, 1.807) is 12.5 Å². The smallest absolute Gasteiger partial charge is 0.115 e.